The van der Waals surface area contributed by atoms with Crippen LogP contribution in [0.4, 0.5) is 5.69 Å². The summed E-state index contributed by atoms with van der Waals surface area (Å²) in [5.74, 6) is 0. The summed E-state index contributed by atoms with van der Waals surface area (Å²) in [6.45, 7) is 1.76. The van der Waals surface area contributed by atoms with Crippen molar-refractivity contribution in [2.24, 2.45) is 0 Å². The summed E-state index contributed by atoms with van der Waals surface area (Å²) in [5.41, 5.74) is 1.54. The summed E-state index contributed by atoms with van der Waals surface area (Å²) in [7, 11) is -4.08. The van der Waals surface area contributed by atoms with Crippen molar-refractivity contribution < 1.29 is 13.3 Å². The van der Waals surface area contributed by atoms with E-state index in [1.165, 1.54) is 36.0 Å². The number of benzene rings is 3. The highest BCUT2D eigenvalue weighted by atomic mass is 32.2. The maximum atomic E-state index is 13.4. The molecule has 156 valence electrons. The van der Waals surface area contributed by atoms with Gasteiger partial charge in [0, 0.05) is 22.6 Å². The van der Waals surface area contributed by atoms with Crippen LogP contribution in [-0.2, 0) is 10.0 Å². The second-order valence-electron chi connectivity index (χ2n) is 6.64. The fraction of sp³-hybridized carbons (Fsp3) is 0.0455. The predicted molar refractivity (Wildman–Crippen MR) is 119 cm³/mol. The second-order valence-corrected chi connectivity index (χ2v) is 9.49. The highest BCUT2D eigenvalue weighted by Crippen LogP contribution is 2.39. The summed E-state index contributed by atoms with van der Waals surface area (Å²) in [6.07, 6.45) is 0. The Kier molecular flexibility index (Phi) is 5.62. The number of nitrogens with zero attached hydrogens (tertiary/aromatic N) is 3. The van der Waals surface area contributed by atoms with Gasteiger partial charge in [-0.2, -0.15) is 17.6 Å². The molecule has 0 aliphatic heterocycles. The molecular formula is C22H17N3O4S2. The summed E-state index contributed by atoms with van der Waals surface area (Å²) in [5, 5.41) is 15.3. The largest absolute Gasteiger partial charge is 0.283 e. The summed E-state index contributed by atoms with van der Waals surface area (Å²) < 4.78 is 27.9. The molecule has 9 heteroatoms. The first kappa shape index (κ1) is 20.8. The molecule has 0 atom stereocenters. The molecule has 4 rings (SSSR count). The van der Waals surface area contributed by atoms with Gasteiger partial charge in [-0.15, -0.1) is 0 Å². The van der Waals surface area contributed by atoms with Crippen molar-refractivity contribution in [3.63, 3.8) is 0 Å². The summed E-state index contributed by atoms with van der Waals surface area (Å²) in [6, 6.07) is 23.6. The maximum absolute atomic E-state index is 13.4. The van der Waals surface area contributed by atoms with Crippen LogP contribution >= 0.6 is 11.8 Å². The molecule has 0 spiro atoms. The van der Waals surface area contributed by atoms with Gasteiger partial charge in [0.05, 0.1) is 20.4 Å². The van der Waals surface area contributed by atoms with Crippen LogP contribution in [0, 0.1) is 17.0 Å². The number of hydrogen-bond acceptors (Lipinski definition) is 6. The van der Waals surface area contributed by atoms with Gasteiger partial charge in [0.1, 0.15) is 5.69 Å². The predicted octanol–water partition coefficient (Wildman–Crippen LogP) is 5.15. The molecule has 0 unspecified atom stereocenters. The van der Waals surface area contributed by atoms with Gasteiger partial charge in [0.15, 0.2) is 0 Å². The maximum Gasteiger partial charge on any atom is 0.283 e. The van der Waals surface area contributed by atoms with Gasteiger partial charge in [-0.05, 0) is 31.2 Å². The third-order valence-corrected chi connectivity index (χ3v) is 7.35. The van der Waals surface area contributed by atoms with Gasteiger partial charge in [-0.3, -0.25) is 10.1 Å². The van der Waals surface area contributed by atoms with Crippen LogP contribution < -0.4 is 0 Å². The molecule has 4 aromatic rings. The van der Waals surface area contributed by atoms with Gasteiger partial charge in [0.2, 0.25) is 0 Å². The third-order valence-electron chi connectivity index (χ3n) is 4.56. The van der Waals surface area contributed by atoms with Crippen LogP contribution in [0.2, 0.25) is 0 Å². The Hall–Kier alpha value is -3.43. The van der Waals surface area contributed by atoms with Crippen molar-refractivity contribution in [3.8, 4) is 11.3 Å². The first-order chi connectivity index (χ1) is 14.9. The fourth-order valence-electron chi connectivity index (χ4n) is 3.07. The molecule has 0 fully saturated rings. The topological polar surface area (TPSA) is 95.1 Å². The minimum absolute atomic E-state index is 0.0750. The van der Waals surface area contributed by atoms with Crippen LogP contribution in [-0.4, -0.2) is 22.5 Å². The summed E-state index contributed by atoms with van der Waals surface area (Å²) >= 11 is 1.44. The first-order valence-electron chi connectivity index (χ1n) is 9.26. The quantitative estimate of drug-likeness (QED) is 0.297. The molecule has 0 aliphatic carbocycles. The number of hydrogen-bond donors (Lipinski definition) is 0. The SMILES string of the molecule is Cc1nn(S(=O)(=O)c2ccc([N+](=O)[O-])cc2)c(-c2ccccc2)c1Sc1ccccc1. The van der Waals surface area contributed by atoms with E-state index >= 15 is 0 Å². The van der Waals surface area contributed by atoms with Crippen LogP contribution in [0.25, 0.3) is 11.3 Å². The molecule has 0 amide bonds. The standard InChI is InChI=1S/C22H17N3O4S2/c1-16-22(30-19-10-6-3-7-11-19)21(17-8-4-2-5-9-17)24(23-16)31(28,29)20-14-12-18(13-15-20)25(26)27/h2-15H,1H3. The average Bonchev–Trinajstić information content (AvgIpc) is 3.12. The highest BCUT2D eigenvalue weighted by Gasteiger charge is 2.27. The summed E-state index contributed by atoms with van der Waals surface area (Å²) in [4.78, 5) is 12.0. The Balaban J connectivity index is 1.89. The molecule has 0 saturated carbocycles. The van der Waals surface area contributed by atoms with Crippen molar-refractivity contribution in [2.75, 3.05) is 0 Å². The zero-order valence-corrected chi connectivity index (χ0v) is 18.0. The molecule has 1 heterocycles. The average molecular weight is 452 g/mol. The first-order valence-corrected chi connectivity index (χ1v) is 11.5. The zero-order chi connectivity index (χ0) is 22.0. The zero-order valence-electron chi connectivity index (χ0n) is 16.4. The Labute approximate surface area is 183 Å². The smallest absolute Gasteiger partial charge is 0.258 e. The number of non-ortho nitro benzene ring substituents is 1. The van der Waals surface area contributed by atoms with Gasteiger partial charge in [-0.1, -0.05) is 60.3 Å². The van der Waals surface area contributed by atoms with Crippen LogP contribution in [0.15, 0.2) is 99.6 Å². The molecule has 3 aromatic carbocycles. The van der Waals surface area contributed by atoms with Crippen LogP contribution in [0.5, 0.6) is 0 Å². The molecule has 0 radical (unpaired) electrons. The lowest BCUT2D eigenvalue weighted by atomic mass is 10.1. The molecule has 31 heavy (non-hydrogen) atoms. The van der Waals surface area contributed by atoms with Gasteiger partial charge < -0.3 is 0 Å². The number of nitro groups is 1. The molecule has 0 aliphatic rings. The monoisotopic (exact) mass is 451 g/mol. The van der Waals surface area contributed by atoms with E-state index < -0.39 is 14.9 Å². The normalized spacial score (nSPS) is 11.4. The molecule has 0 N–H and O–H groups in total. The van der Waals surface area contributed by atoms with Crippen molar-refractivity contribution >= 4 is 27.5 Å². The number of aryl methyl sites for hydroxylation is 1. The molecule has 1 aromatic heterocycles. The van der Waals surface area contributed by atoms with Crippen molar-refractivity contribution in [1.82, 2.24) is 9.19 Å². The van der Waals surface area contributed by atoms with E-state index in [-0.39, 0.29) is 10.6 Å². The molecular weight excluding hydrogens is 434 g/mol. The van der Waals surface area contributed by atoms with E-state index in [1.54, 1.807) is 6.92 Å². The second kappa shape index (κ2) is 8.37. The fourth-order valence-corrected chi connectivity index (χ4v) is 5.49. The van der Waals surface area contributed by atoms with Gasteiger partial charge in [-0.25, -0.2) is 0 Å². The molecule has 0 bridgehead atoms. The number of rotatable bonds is 6. The van der Waals surface area contributed by atoms with E-state index in [0.717, 1.165) is 13.9 Å². The number of aromatic nitrogens is 2. The Bertz CT molecular complexity index is 1340. The van der Waals surface area contributed by atoms with E-state index in [2.05, 4.69) is 5.10 Å². The van der Waals surface area contributed by atoms with E-state index in [4.69, 9.17) is 0 Å². The van der Waals surface area contributed by atoms with E-state index in [9.17, 15) is 18.5 Å². The minimum atomic E-state index is -4.08. The molecule has 7 nitrogen and oxygen atoms in total. The van der Waals surface area contributed by atoms with Gasteiger partial charge in [0.25, 0.3) is 15.7 Å². The Morgan fingerprint density at radius 3 is 2.06 bits per heavy atom. The lowest BCUT2D eigenvalue weighted by Gasteiger charge is -2.11. The lowest BCUT2D eigenvalue weighted by molar-refractivity contribution is -0.384. The van der Waals surface area contributed by atoms with Crippen molar-refractivity contribution in [2.45, 2.75) is 21.6 Å². The Morgan fingerprint density at radius 2 is 1.48 bits per heavy atom. The third kappa shape index (κ3) is 4.10. The number of nitro benzene ring substituents is 1. The minimum Gasteiger partial charge on any atom is -0.258 e. The Morgan fingerprint density at radius 1 is 0.903 bits per heavy atom. The van der Waals surface area contributed by atoms with Gasteiger partial charge >= 0.3 is 0 Å². The van der Waals surface area contributed by atoms with Crippen molar-refractivity contribution in [3.05, 3.63) is 101 Å². The highest BCUT2D eigenvalue weighted by molar-refractivity contribution is 7.99. The molecule has 0 saturated heterocycles. The van der Waals surface area contributed by atoms with Crippen LogP contribution in [0.3, 0.4) is 0 Å². The van der Waals surface area contributed by atoms with Crippen LogP contribution in [0.1, 0.15) is 5.69 Å². The van der Waals surface area contributed by atoms with E-state index in [1.807, 2.05) is 60.7 Å². The van der Waals surface area contributed by atoms with Crippen molar-refractivity contribution in [1.29, 1.82) is 0 Å². The van der Waals surface area contributed by atoms with E-state index in [0.29, 0.717) is 17.0 Å². The lowest BCUT2D eigenvalue weighted by Crippen LogP contribution is -2.16.